The van der Waals surface area contributed by atoms with Crippen LogP contribution in [0, 0.1) is 5.82 Å². The van der Waals surface area contributed by atoms with Gasteiger partial charge in [0.05, 0.1) is 6.10 Å². The van der Waals surface area contributed by atoms with Crippen molar-refractivity contribution in [3.05, 3.63) is 58.0 Å². The molecule has 0 bridgehead atoms. The van der Waals surface area contributed by atoms with Gasteiger partial charge in [-0.05, 0) is 46.0 Å². The average molecular weight is 322 g/mol. The van der Waals surface area contributed by atoms with Crippen molar-refractivity contribution in [1.29, 1.82) is 0 Å². The van der Waals surface area contributed by atoms with Gasteiger partial charge < -0.3 is 15.7 Å². The van der Waals surface area contributed by atoms with Crippen LogP contribution in [-0.4, -0.2) is 24.2 Å². The summed E-state index contributed by atoms with van der Waals surface area (Å²) in [5, 5.41) is 19.4. The highest BCUT2D eigenvalue weighted by molar-refractivity contribution is 7.07. The number of hydrogen-bond donors (Lipinski definition) is 3. The molecule has 0 aliphatic carbocycles. The summed E-state index contributed by atoms with van der Waals surface area (Å²) >= 11 is 1.63. The Morgan fingerprint density at radius 2 is 1.86 bits per heavy atom. The van der Waals surface area contributed by atoms with Crippen molar-refractivity contribution in [1.82, 2.24) is 10.6 Å². The molecular weight excluding hydrogens is 303 g/mol. The number of amides is 2. The quantitative estimate of drug-likeness (QED) is 0.765. The Morgan fingerprint density at radius 3 is 2.50 bits per heavy atom. The molecule has 1 heterocycles. The summed E-state index contributed by atoms with van der Waals surface area (Å²) < 4.78 is 12.8. The van der Waals surface area contributed by atoms with Crippen LogP contribution in [0.2, 0.25) is 0 Å². The van der Waals surface area contributed by atoms with E-state index >= 15 is 0 Å². The van der Waals surface area contributed by atoms with Crippen LogP contribution in [0.15, 0.2) is 41.1 Å². The summed E-state index contributed by atoms with van der Waals surface area (Å²) in [5.41, 5.74) is 1.75. The van der Waals surface area contributed by atoms with E-state index in [0.29, 0.717) is 12.1 Å². The molecule has 6 heteroatoms. The van der Waals surface area contributed by atoms with Gasteiger partial charge in [-0.2, -0.15) is 11.3 Å². The minimum atomic E-state index is -0.861. The van der Waals surface area contributed by atoms with E-state index in [2.05, 4.69) is 16.0 Å². The van der Waals surface area contributed by atoms with Crippen LogP contribution in [0.4, 0.5) is 9.18 Å². The molecule has 0 saturated heterocycles. The van der Waals surface area contributed by atoms with E-state index in [4.69, 9.17) is 0 Å². The highest BCUT2D eigenvalue weighted by atomic mass is 32.1. The first-order chi connectivity index (χ1) is 10.6. The number of halogens is 1. The third kappa shape index (κ3) is 4.82. The molecule has 22 heavy (non-hydrogen) atoms. The van der Waals surface area contributed by atoms with Crippen LogP contribution in [0.5, 0.6) is 0 Å². The summed E-state index contributed by atoms with van der Waals surface area (Å²) in [7, 11) is 0. The maximum Gasteiger partial charge on any atom is 0.314 e. The van der Waals surface area contributed by atoms with E-state index in [-0.39, 0.29) is 24.3 Å². The zero-order chi connectivity index (χ0) is 15.9. The summed E-state index contributed by atoms with van der Waals surface area (Å²) in [6.45, 7) is 2.63. The molecule has 2 rings (SSSR count). The van der Waals surface area contributed by atoms with Gasteiger partial charge in [0.2, 0.25) is 0 Å². The molecule has 0 saturated carbocycles. The number of hydrogen-bond acceptors (Lipinski definition) is 3. The zero-order valence-corrected chi connectivity index (χ0v) is 13.1. The predicted octanol–water partition coefficient (Wildman–Crippen LogP) is 3.02. The lowest BCUT2D eigenvalue weighted by Gasteiger charge is -2.15. The molecule has 2 amide bonds. The standard InChI is InChI=1S/C16H19FN2O2S/c1-11(13-6-7-22-10-13)8-18-16(21)19-9-15(20)12-2-4-14(17)5-3-12/h2-7,10-11,15,20H,8-9H2,1H3,(H2,18,19,21). The van der Waals surface area contributed by atoms with Crippen LogP contribution in [0.3, 0.4) is 0 Å². The lowest BCUT2D eigenvalue weighted by atomic mass is 10.1. The number of carbonyl (C=O) groups is 1. The summed E-state index contributed by atoms with van der Waals surface area (Å²) in [4.78, 5) is 11.7. The van der Waals surface area contributed by atoms with Gasteiger partial charge in [0.15, 0.2) is 0 Å². The molecule has 0 aliphatic heterocycles. The molecule has 2 aromatic rings. The fourth-order valence-corrected chi connectivity index (χ4v) is 2.76. The van der Waals surface area contributed by atoms with Gasteiger partial charge in [-0.1, -0.05) is 19.1 Å². The molecule has 2 atom stereocenters. The number of rotatable bonds is 6. The van der Waals surface area contributed by atoms with Crippen molar-refractivity contribution >= 4 is 17.4 Å². The largest absolute Gasteiger partial charge is 0.387 e. The monoisotopic (exact) mass is 322 g/mol. The SMILES string of the molecule is CC(CNC(=O)NCC(O)c1ccc(F)cc1)c1ccsc1. The Kier molecular flexibility index (Phi) is 5.91. The smallest absolute Gasteiger partial charge is 0.314 e. The van der Waals surface area contributed by atoms with Crippen LogP contribution in [0.25, 0.3) is 0 Å². The highest BCUT2D eigenvalue weighted by Crippen LogP contribution is 2.17. The van der Waals surface area contributed by atoms with Crippen molar-refractivity contribution in [2.45, 2.75) is 18.9 Å². The van der Waals surface area contributed by atoms with Gasteiger partial charge in [0.25, 0.3) is 0 Å². The van der Waals surface area contributed by atoms with Gasteiger partial charge in [-0.3, -0.25) is 0 Å². The number of nitrogens with one attached hydrogen (secondary N) is 2. The Hall–Kier alpha value is -1.92. The third-order valence-electron chi connectivity index (χ3n) is 3.39. The van der Waals surface area contributed by atoms with Crippen molar-refractivity contribution in [3.8, 4) is 0 Å². The predicted molar refractivity (Wildman–Crippen MR) is 85.5 cm³/mol. The van der Waals surface area contributed by atoms with E-state index in [1.54, 1.807) is 11.3 Å². The number of thiophene rings is 1. The number of carbonyl (C=O) groups excluding carboxylic acids is 1. The molecule has 118 valence electrons. The number of urea groups is 1. The summed E-state index contributed by atoms with van der Waals surface area (Å²) in [5.74, 6) is -0.122. The van der Waals surface area contributed by atoms with Gasteiger partial charge in [0, 0.05) is 13.1 Å². The van der Waals surface area contributed by atoms with E-state index in [1.165, 1.54) is 29.8 Å². The van der Waals surface area contributed by atoms with Crippen molar-refractivity contribution in [2.75, 3.05) is 13.1 Å². The highest BCUT2D eigenvalue weighted by Gasteiger charge is 2.11. The second-order valence-corrected chi connectivity index (χ2v) is 5.90. The van der Waals surface area contributed by atoms with Gasteiger partial charge in [0.1, 0.15) is 5.82 Å². The Balaban J connectivity index is 1.72. The Labute approximate surface area is 133 Å². The summed E-state index contributed by atoms with van der Waals surface area (Å²) in [6, 6.07) is 7.26. The van der Waals surface area contributed by atoms with Crippen molar-refractivity contribution in [3.63, 3.8) is 0 Å². The minimum absolute atomic E-state index is 0.0737. The van der Waals surface area contributed by atoms with Crippen LogP contribution in [0.1, 0.15) is 30.1 Å². The number of benzene rings is 1. The molecule has 2 unspecified atom stereocenters. The molecule has 4 nitrogen and oxygen atoms in total. The number of aliphatic hydroxyl groups is 1. The van der Waals surface area contributed by atoms with E-state index < -0.39 is 6.10 Å². The lowest BCUT2D eigenvalue weighted by Crippen LogP contribution is -2.39. The minimum Gasteiger partial charge on any atom is -0.387 e. The zero-order valence-electron chi connectivity index (χ0n) is 12.3. The Bertz CT molecular complexity index is 587. The second kappa shape index (κ2) is 7.91. The van der Waals surface area contributed by atoms with Crippen LogP contribution >= 0.6 is 11.3 Å². The molecule has 0 radical (unpaired) electrons. The molecule has 1 aromatic heterocycles. The fourth-order valence-electron chi connectivity index (χ4n) is 1.97. The molecule has 1 aromatic carbocycles. The first-order valence-electron chi connectivity index (χ1n) is 7.03. The topological polar surface area (TPSA) is 61.4 Å². The van der Waals surface area contributed by atoms with Crippen molar-refractivity contribution < 1.29 is 14.3 Å². The van der Waals surface area contributed by atoms with Crippen LogP contribution in [-0.2, 0) is 0 Å². The summed E-state index contributed by atoms with van der Waals surface area (Å²) in [6.07, 6.45) is -0.861. The van der Waals surface area contributed by atoms with Crippen molar-refractivity contribution in [2.24, 2.45) is 0 Å². The average Bonchev–Trinajstić information content (AvgIpc) is 3.05. The fraction of sp³-hybridized carbons (Fsp3) is 0.312. The van der Waals surface area contributed by atoms with E-state index in [1.807, 2.05) is 18.4 Å². The molecule has 0 spiro atoms. The van der Waals surface area contributed by atoms with Crippen LogP contribution < -0.4 is 10.6 Å². The maximum atomic E-state index is 12.8. The van der Waals surface area contributed by atoms with Gasteiger partial charge in [-0.15, -0.1) is 0 Å². The molecule has 0 aliphatic rings. The normalized spacial score (nSPS) is 13.4. The molecular formula is C16H19FN2O2S. The first kappa shape index (κ1) is 16.5. The maximum absolute atomic E-state index is 12.8. The van der Waals surface area contributed by atoms with E-state index in [0.717, 1.165) is 0 Å². The lowest BCUT2D eigenvalue weighted by molar-refractivity contribution is 0.173. The first-order valence-corrected chi connectivity index (χ1v) is 7.98. The van der Waals surface area contributed by atoms with Gasteiger partial charge in [-0.25, -0.2) is 9.18 Å². The molecule has 3 N–H and O–H groups in total. The molecule has 0 fully saturated rings. The second-order valence-electron chi connectivity index (χ2n) is 5.12. The third-order valence-corrected chi connectivity index (χ3v) is 4.09. The van der Waals surface area contributed by atoms with Gasteiger partial charge >= 0.3 is 6.03 Å². The van der Waals surface area contributed by atoms with E-state index in [9.17, 15) is 14.3 Å². The Morgan fingerprint density at radius 1 is 1.18 bits per heavy atom. The number of aliphatic hydroxyl groups excluding tert-OH is 1.